The lowest BCUT2D eigenvalue weighted by Gasteiger charge is -2.18. The van der Waals surface area contributed by atoms with Crippen LogP contribution in [0.5, 0.6) is 0 Å². The van der Waals surface area contributed by atoms with Crippen LogP contribution < -0.4 is 0 Å². The van der Waals surface area contributed by atoms with Crippen LogP contribution in [-0.4, -0.2) is 33.4 Å². The molecule has 0 N–H and O–H groups in total. The fourth-order valence-corrected chi connectivity index (χ4v) is 5.23. The summed E-state index contributed by atoms with van der Waals surface area (Å²) in [6.45, 7) is 4.83. The molecule has 2 aliphatic rings. The molecule has 1 atom stereocenters. The molecule has 166 valence electrons. The molecular weight excluding hydrogens is 406 g/mol. The number of hydrogen-bond acceptors (Lipinski definition) is 2. The van der Waals surface area contributed by atoms with Crippen molar-refractivity contribution in [2.75, 3.05) is 13.1 Å². The van der Waals surface area contributed by atoms with Gasteiger partial charge < -0.3 is 9.47 Å². The fourth-order valence-electron chi connectivity index (χ4n) is 5.23. The highest BCUT2D eigenvalue weighted by Gasteiger charge is 2.36. The van der Waals surface area contributed by atoms with Crippen LogP contribution in [-0.2, 0) is 11.3 Å². The lowest BCUT2D eigenvalue weighted by atomic mass is 10.0. The summed E-state index contributed by atoms with van der Waals surface area (Å²) >= 11 is 0. The van der Waals surface area contributed by atoms with Gasteiger partial charge in [-0.1, -0.05) is 66.7 Å². The number of imidazole rings is 1. The standard InChI is InChI=1S/C29H29N3O/c1-20-6-5-9-26-27(20)32(19-21-16-17-31(18-21)29(33)25-14-15-25)28(30-26)24-12-10-23(11-13-24)22-7-3-2-4-8-22/h2-13,21,25H,14-19H2,1H3/t21-/m0/s1. The highest BCUT2D eigenvalue weighted by Crippen LogP contribution is 2.34. The third-order valence-electron chi connectivity index (χ3n) is 7.18. The van der Waals surface area contributed by atoms with Crippen molar-refractivity contribution in [2.24, 2.45) is 11.8 Å². The molecule has 0 radical (unpaired) electrons. The molecule has 1 aliphatic carbocycles. The van der Waals surface area contributed by atoms with Crippen LogP contribution in [0.25, 0.3) is 33.5 Å². The number of carbonyl (C=O) groups is 1. The predicted molar refractivity (Wildman–Crippen MR) is 133 cm³/mol. The van der Waals surface area contributed by atoms with Gasteiger partial charge in [-0.05, 0) is 54.9 Å². The van der Waals surface area contributed by atoms with Crippen LogP contribution in [0.15, 0.2) is 72.8 Å². The summed E-state index contributed by atoms with van der Waals surface area (Å²) in [6.07, 6.45) is 3.22. The molecule has 6 rings (SSSR count). The Morgan fingerprint density at radius 3 is 2.36 bits per heavy atom. The van der Waals surface area contributed by atoms with Crippen LogP contribution in [0.3, 0.4) is 0 Å². The Kier molecular flexibility index (Phi) is 5.01. The van der Waals surface area contributed by atoms with Crippen molar-refractivity contribution < 1.29 is 4.79 Å². The number of para-hydroxylation sites is 1. The van der Waals surface area contributed by atoms with Crippen LogP contribution >= 0.6 is 0 Å². The number of benzene rings is 3. The van der Waals surface area contributed by atoms with Gasteiger partial charge in [0, 0.05) is 31.1 Å². The van der Waals surface area contributed by atoms with Gasteiger partial charge in [-0.2, -0.15) is 0 Å². The minimum Gasteiger partial charge on any atom is -0.342 e. The number of likely N-dealkylation sites (tertiary alicyclic amines) is 1. The lowest BCUT2D eigenvalue weighted by molar-refractivity contribution is -0.131. The average molecular weight is 436 g/mol. The van der Waals surface area contributed by atoms with E-state index < -0.39 is 0 Å². The Morgan fingerprint density at radius 2 is 1.61 bits per heavy atom. The van der Waals surface area contributed by atoms with Gasteiger partial charge >= 0.3 is 0 Å². The molecule has 2 fully saturated rings. The summed E-state index contributed by atoms with van der Waals surface area (Å²) in [5, 5.41) is 0. The number of fused-ring (bicyclic) bond motifs is 1. The highest BCUT2D eigenvalue weighted by molar-refractivity contribution is 5.84. The van der Waals surface area contributed by atoms with Crippen LogP contribution in [0.2, 0.25) is 0 Å². The lowest BCUT2D eigenvalue weighted by Crippen LogP contribution is -2.30. The molecule has 1 amide bonds. The number of amides is 1. The Bertz CT molecular complexity index is 1300. The van der Waals surface area contributed by atoms with E-state index in [4.69, 9.17) is 4.98 Å². The van der Waals surface area contributed by atoms with Crippen LogP contribution in [0.1, 0.15) is 24.8 Å². The molecule has 0 spiro atoms. The van der Waals surface area contributed by atoms with E-state index in [1.807, 2.05) is 6.07 Å². The van der Waals surface area contributed by atoms with E-state index in [2.05, 4.69) is 83.1 Å². The average Bonchev–Trinajstić information content (AvgIpc) is 3.49. The van der Waals surface area contributed by atoms with Crippen molar-refractivity contribution in [3.05, 3.63) is 78.4 Å². The normalized spacial score (nSPS) is 18.2. The molecule has 4 aromatic rings. The van der Waals surface area contributed by atoms with Crippen molar-refractivity contribution in [3.63, 3.8) is 0 Å². The summed E-state index contributed by atoms with van der Waals surface area (Å²) in [5.74, 6) is 2.16. The van der Waals surface area contributed by atoms with Gasteiger partial charge in [0.1, 0.15) is 5.82 Å². The summed E-state index contributed by atoms with van der Waals surface area (Å²) in [4.78, 5) is 19.7. The molecule has 1 aliphatic heterocycles. The zero-order valence-electron chi connectivity index (χ0n) is 19.1. The second-order valence-electron chi connectivity index (χ2n) is 9.65. The van der Waals surface area contributed by atoms with Crippen molar-refractivity contribution in [3.8, 4) is 22.5 Å². The number of carbonyl (C=O) groups excluding carboxylic acids is 1. The highest BCUT2D eigenvalue weighted by atomic mass is 16.2. The second kappa shape index (κ2) is 8.18. The van der Waals surface area contributed by atoms with E-state index in [9.17, 15) is 4.79 Å². The summed E-state index contributed by atoms with van der Waals surface area (Å²) in [6, 6.07) is 25.6. The molecule has 1 aromatic heterocycles. The first-order valence-corrected chi connectivity index (χ1v) is 12.1. The summed E-state index contributed by atoms with van der Waals surface area (Å²) < 4.78 is 2.40. The van der Waals surface area contributed by atoms with Crippen molar-refractivity contribution in [2.45, 2.75) is 32.7 Å². The molecule has 1 saturated heterocycles. The van der Waals surface area contributed by atoms with E-state index >= 15 is 0 Å². The maximum atomic E-state index is 12.6. The third-order valence-corrected chi connectivity index (χ3v) is 7.18. The summed E-state index contributed by atoms with van der Waals surface area (Å²) in [7, 11) is 0. The Hall–Kier alpha value is -3.40. The largest absolute Gasteiger partial charge is 0.342 e. The molecule has 4 heteroatoms. The zero-order chi connectivity index (χ0) is 22.4. The van der Waals surface area contributed by atoms with E-state index in [0.29, 0.717) is 17.7 Å². The number of aromatic nitrogens is 2. The monoisotopic (exact) mass is 435 g/mol. The molecule has 2 heterocycles. The maximum absolute atomic E-state index is 12.6. The number of rotatable bonds is 5. The Labute approximate surface area is 194 Å². The molecule has 33 heavy (non-hydrogen) atoms. The molecular formula is C29H29N3O. The first-order chi connectivity index (χ1) is 16.2. The molecule has 1 saturated carbocycles. The van der Waals surface area contributed by atoms with Crippen molar-refractivity contribution in [1.29, 1.82) is 0 Å². The second-order valence-corrected chi connectivity index (χ2v) is 9.65. The smallest absolute Gasteiger partial charge is 0.225 e. The number of nitrogens with zero attached hydrogens (tertiary/aromatic N) is 3. The van der Waals surface area contributed by atoms with Gasteiger partial charge in [-0.25, -0.2) is 4.98 Å². The van der Waals surface area contributed by atoms with E-state index in [0.717, 1.165) is 55.8 Å². The molecule has 0 unspecified atom stereocenters. The van der Waals surface area contributed by atoms with E-state index in [1.54, 1.807) is 0 Å². The third kappa shape index (κ3) is 3.84. The maximum Gasteiger partial charge on any atom is 0.225 e. The summed E-state index contributed by atoms with van der Waals surface area (Å²) in [5.41, 5.74) is 7.07. The van der Waals surface area contributed by atoms with Crippen LogP contribution in [0.4, 0.5) is 0 Å². The minimum absolute atomic E-state index is 0.304. The van der Waals surface area contributed by atoms with Crippen molar-refractivity contribution in [1.82, 2.24) is 14.5 Å². The topological polar surface area (TPSA) is 38.1 Å². The molecule has 4 nitrogen and oxygen atoms in total. The van der Waals surface area contributed by atoms with Gasteiger partial charge in [0.25, 0.3) is 0 Å². The first kappa shape index (κ1) is 20.2. The Morgan fingerprint density at radius 1 is 0.879 bits per heavy atom. The van der Waals surface area contributed by atoms with Crippen molar-refractivity contribution >= 4 is 16.9 Å². The minimum atomic E-state index is 0.304. The van der Waals surface area contributed by atoms with Gasteiger partial charge in [0.05, 0.1) is 11.0 Å². The zero-order valence-corrected chi connectivity index (χ0v) is 19.1. The molecule has 0 bridgehead atoms. The first-order valence-electron chi connectivity index (χ1n) is 12.1. The van der Waals surface area contributed by atoms with Gasteiger partial charge in [-0.15, -0.1) is 0 Å². The number of aryl methyl sites for hydroxylation is 1. The molecule has 3 aromatic carbocycles. The van der Waals surface area contributed by atoms with E-state index in [-0.39, 0.29) is 0 Å². The van der Waals surface area contributed by atoms with E-state index in [1.165, 1.54) is 22.2 Å². The fraction of sp³-hybridized carbons (Fsp3) is 0.310. The van der Waals surface area contributed by atoms with Gasteiger partial charge in [0.2, 0.25) is 5.91 Å². The Balaban J connectivity index is 1.33. The SMILES string of the molecule is Cc1cccc2nc(-c3ccc(-c4ccccc4)cc3)n(C[C@H]3CCN(C(=O)C4CC4)C3)c12. The van der Waals surface area contributed by atoms with Crippen LogP contribution in [0, 0.1) is 18.8 Å². The predicted octanol–water partition coefficient (Wildman–Crippen LogP) is 5.94. The quantitative estimate of drug-likeness (QED) is 0.389. The van der Waals surface area contributed by atoms with Gasteiger partial charge in [-0.3, -0.25) is 4.79 Å². The van der Waals surface area contributed by atoms with Gasteiger partial charge in [0.15, 0.2) is 0 Å². The number of hydrogen-bond donors (Lipinski definition) is 0.